The van der Waals surface area contributed by atoms with Crippen LogP contribution in [-0.2, 0) is 6.54 Å². The highest BCUT2D eigenvalue weighted by Crippen LogP contribution is 2.27. The monoisotopic (exact) mass is 416 g/mol. The van der Waals surface area contributed by atoms with E-state index < -0.39 is 12.5 Å². The number of carbonyl (C=O) groups is 1. The van der Waals surface area contributed by atoms with E-state index in [9.17, 15) is 13.6 Å². The SMILES string of the molecule is O=C(Nc1nc(-c2ccc(OC(F)F)cc2)cs1)c1ccc(Cn2cccn2)o1. The number of hydrogen-bond acceptors (Lipinski definition) is 6. The molecule has 0 saturated carbocycles. The number of rotatable bonds is 7. The second kappa shape index (κ2) is 8.23. The fraction of sp³-hybridized carbons (Fsp3) is 0.105. The lowest BCUT2D eigenvalue weighted by molar-refractivity contribution is -0.0498. The first kappa shape index (κ1) is 18.8. The Hall–Kier alpha value is -3.53. The Bertz CT molecular complexity index is 1090. The van der Waals surface area contributed by atoms with Gasteiger partial charge in [0.15, 0.2) is 10.9 Å². The maximum absolute atomic E-state index is 12.4. The van der Waals surface area contributed by atoms with Crippen molar-refractivity contribution in [1.82, 2.24) is 14.8 Å². The molecule has 0 aliphatic heterocycles. The Morgan fingerprint density at radius 1 is 1.24 bits per heavy atom. The molecule has 1 aromatic carbocycles. The fourth-order valence-electron chi connectivity index (χ4n) is 2.57. The molecule has 0 unspecified atom stereocenters. The van der Waals surface area contributed by atoms with Crippen LogP contribution in [0.1, 0.15) is 16.3 Å². The minimum absolute atomic E-state index is 0.0660. The van der Waals surface area contributed by atoms with E-state index in [1.165, 1.54) is 23.5 Å². The molecule has 0 bridgehead atoms. The minimum atomic E-state index is -2.87. The third-order valence-corrected chi connectivity index (χ3v) is 4.62. The highest BCUT2D eigenvalue weighted by molar-refractivity contribution is 7.14. The van der Waals surface area contributed by atoms with Crippen LogP contribution >= 0.6 is 11.3 Å². The van der Waals surface area contributed by atoms with Crippen LogP contribution in [-0.4, -0.2) is 27.3 Å². The van der Waals surface area contributed by atoms with E-state index in [0.29, 0.717) is 28.7 Å². The van der Waals surface area contributed by atoms with Gasteiger partial charge < -0.3 is 9.15 Å². The van der Waals surface area contributed by atoms with Gasteiger partial charge in [0.25, 0.3) is 5.91 Å². The van der Waals surface area contributed by atoms with Gasteiger partial charge in [0.1, 0.15) is 11.5 Å². The highest BCUT2D eigenvalue weighted by Gasteiger charge is 2.14. The van der Waals surface area contributed by atoms with E-state index in [0.717, 1.165) is 0 Å². The number of benzene rings is 1. The van der Waals surface area contributed by atoms with Crippen LogP contribution < -0.4 is 10.1 Å². The number of nitrogens with zero attached hydrogens (tertiary/aromatic N) is 3. The number of alkyl halides is 2. The highest BCUT2D eigenvalue weighted by atomic mass is 32.1. The van der Waals surface area contributed by atoms with Crippen molar-refractivity contribution in [3.05, 3.63) is 71.8 Å². The standard InChI is InChI=1S/C19H14F2N4O3S/c20-18(21)28-13-4-2-12(3-5-13)15-11-29-19(23-15)24-17(26)16-7-6-14(27-16)10-25-9-1-8-22-25/h1-9,11,18H,10H2,(H,23,24,26). The molecule has 0 saturated heterocycles. The molecule has 3 aromatic heterocycles. The fourth-order valence-corrected chi connectivity index (χ4v) is 3.28. The smallest absolute Gasteiger partial charge is 0.387 e. The van der Waals surface area contributed by atoms with Gasteiger partial charge in [0, 0.05) is 23.3 Å². The van der Waals surface area contributed by atoms with Crippen LogP contribution in [0, 0.1) is 0 Å². The maximum Gasteiger partial charge on any atom is 0.387 e. The van der Waals surface area contributed by atoms with Gasteiger partial charge >= 0.3 is 6.61 Å². The molecule has 0 spiro atoms. The molecule has 0 atom stereocenters. The van der Waals surface area contributed by atoms with Gasteiger partial charge in [-0.3, -0.25) is 14.8 Å². The van der Waals surface area contributed by atoms with Crippen LogP contribution in [0.5, 0.6) is 5.75 Å². The first-order valence-electron chi connectivity index (χ1n) is 8.45. The molecule has 1 amide bonds. The first-order chi connectivity index (χ1) is 14.1. The normalized spacial score (nSPS) is 11.0. The van der Waals surface area contributed by atoms with Gasteiger partial charge in [-0.25, -0.2) is 4.98 Å². The van der Waals surface area contributed by atoms with Crippen molar-refractivity contribution in [3.8, 4) is 17.0 Å². The molecule has 4 rings (SSSR count). The molecular formula is C19H14F2N4O3S. The molecule has 0 aliphatic carbocycles. The third-order valence-electron chi connectivity index (χ3n) is 3.86. The summed E-state index contributed by atoms with van der Waals surface area (Å²) in [7, 11) is 0. The van der Waals surface area contributed by atoms with E-state index in [4.69, 9.17) is 4.42 Å². The Morgan fingerprint density at radius 2 is 2.07 bits per heavy atom. The lowest BCUT2D eigenvalue weighted by atomic mass is 10.2. The number of amides is 1. The number of ether oxygens (including phenoxy) is 1. The lowest BCUT2D eigenvalue weighted by Crippen LogP contribution is -2.10. The Kier molecular flexibility index (Phi) is 5.34. The van der Waals surface area contributed by atoms with Gasteiger partial charge in [0.2, 0.25) is 0 Å². The maximum atomic E-state index is 12.4. The average molecular weight is 416 g/mol. The number of halogens is 2. The van der Waals surface area contributed by atoms with Crippen LogP contribution in [0.3, 0.4) is 0 Å². The number of aromatic nitrogens is 3. The molecule has 3 heterocycles. The van der Waals surface area contributed by atoms with Crippen molar-refractivity contribution in [3.63, 3.8) is 0 Å². The van der Waals surface area contributed by atoms with Crippen LogP contribution in [0.2, 0.25) is 0 Å². The summed E-state index contributed by atoms with van der Waals surface area (Å²) in [5.74, 6) is 0.414. The summed E-state index contributed by atoms with van der Waals surface area (Å²) in [6, 6.07) is 11.2. The molecule has 29 heavy (non-hydrogen) atoms. The molecule has 0 fully saturated rings. The predicted octanol–water partition coefficient (Wildman–Crippen LogP) is 4.50. The summed E-state index contributed by atoms with van der Waals surface area (Å²) in [5.41, 5.74) is 1.32. The zero-order chi connectivity index (χ0) is 20.2. The minimum Gasteiger partial charge on any atom is -0.454 e. The van der Waals surface area contributed by atoms with E-state index in [2.05, 4.69) is 20.1 Å². The first-order valence-corrected chi connectivity index (χ1v) is 9.33. The predicted molar refractivity (Wildman–Crippen MR) is 102 cm³/mol. The quantitative estimate of drug-likeness (QED) is 0.480. The van der Waals surface area contributed by atoms with Crippen LogP contribution in [0.4, 0.5) is 13.9 Å². The molecule has 10 heteroatoms. The van der Waals surface area contributed by atoms with Crippen molar-refractivity contribution in [2.45, 2.75) is 13.2 Å². The van der Waals surface area contributed by atoms with Crippen molar-refractivity contribution >= 4 is 22.4 Å². The number of anilines is 1. The van der Waals surface area contributed by atoms with E-state index in [1.807, 2.05) is 0 Å². The van der Waals surface area contributed by atoms with Crippen LogP contribution in [0.15, 0.2) is 64.7 Å². The largest absolute Gasteiger partial charge is 0.454 e. The van der Waals surface area contributed by atoms with E-state index in [1.54, 1.807) is 52.8 Å². The van der Waals surface area contributed by atoms with Gasteiger partial charge in [-0.15, -0.1) is 11.3 Å². The summed E-state index contributed by atoms with van der Waals surface area (Å²) >= 11 is 1.24. The number of thiazole rings is 1. The van der Waals surface area contributed by atoms with Gasteiger partial charge in [-0.2, -0.15) is 13.9 Å². The average Bonchev–Trinajstić information content (AvgIpc) is 3.44. The molecule has 1 N–H and O–H groups in total. The van der Waals surface area contributed by atoms with Crippen molar-refractivity contribution in [2.24, 2.45) is 0 Å². The Labute approximate surface area is 167 Å². The van der Waals surface area contributed by atoms with Crippen molar-refractivity contribution in [2.75, 3.05) is 5.32 Å². The number of carbonyl (C=O) groups excluding carboxylic acids is 1. The number of nitrogens with one attached hydrogen (secondary N) is 1. The zero-order valence-corrected chi connectivity index (χ0v) is 15.6. The van der Waals surface area contributed by atoms with Gasteiger partial charge in [-0.05, 0) is 42.5 Å². The second-order valence-electron chi connectivity index (χ2n) is 5.86. The summed E-state index contributed by atoms with van der Waals surface area (Å²) < 4.78 is 36.0. The molecule has 148 valence electrons. The zero-order valence-electron chi connectivity index (χ0n) is 14.8. The number of furan rings is 1. The molecule has 0 radical (unpaired) electrons. The molecule has 4 aromatic rings. The summed E-state index contributed by atoms with van der Waals surface area (Å²) in [6.45, 7) is -2.45. The van der Waals surface area contributed by atoms with E-state index in [-0.39, 0.29) is 11.5 Å². The van der Waals surface area contributed by atoms with E-state index >= 15 is 0 Å². The molecule has 0 aliphatic rings. The van der Waals surface area contributed by atoms with Crippen LogP contribution in [0.25, 0.3) is 11.3 Å². The Balaban J connectivity index is 1.40. The van der Waals surface area contributed by atoms with Gasteiger partial charge in [-0.1, -0.05) is 0 Å². The van der Waals surface area contributed by atoms with Crippen molar-refractivity contribution in [1.29, 1.82) is 0 Å². The Morgan fingerprint density at radius 3 is 2.79 bits per heavy atom. The molecular weight excluding hydrogens is 402 g/mol. The third kappa shape index (κ3) is 4.66. The van der Waals surface area contributed by atoms with Crippen molar-refractivity contribution < 1.29 is 22.7 Å². The molecule has 7 nitrogen and oxygen atoms in total. The summed E-state index contributed by atoms with van der Waals surface area (Å²) in [6.07, 6.45) is 3.46. The second-order valence-corrected chi connectivity index (χ2v) is 6.72. The topological polar surface area (TPSA) is 82.2 Å². The summed E-state index contributed by atoms with van der Waals surface area (Å²) in [4.78, 5) is 16.7. The lowest BCUT2D eigenvalue weighted by Gasteiger charge is -2.04. The number of hydrogen-bond donors (Lipinski definition) is 1. The summed E-state index contributed by atoms with van der Waals surface area (Å²) in [5, 5.41) is 8.92. The van der Waals surface area contributed by atoms with Gasteiger partial charge in [0.05, 0.1) is 12.2 Å².